The van der Waals surface area contributed by atoms with E-state index in [-0.39, 0.29) is 37.1 Å². The van der Waals surface area contributed by atoms with E-state index in [9.17, 15) is 0 Å². The van der Waals surface area contributed by atoms with Crippen molar-refractivity contribution in [3.05, 3.63) is 0 Å². The van der Waals surface area contributed by atoms with Crippen molar-refractivity contribution in [1.29, 1.82) is 0 Å². The number of rotatable bonds is 0. The van der Waals surface area contributed by atoms with Crippen LogP contribution in [0.15, 0.2) is 0 Å². The van der Waals surface area contributed by atoms with Crippen LogP contribution in [-0.4, -0.2) is 0 Å². The molecule has 0 heterocycles. The molecule has 0 aromatic heterocycles. The van der Waals surface area contributed by atoms with Gasteiger partial charge in [0.15, 0.2) is 0 Å². The van der Waals surface area contributed by atoms with E-state index >= 15 is 0 Å². The zero-order chi connectivity index (χ0) is 22.5. The van der Waals surface area contributed by atoms with Crippen molar-refractivity contribution in [2.75, 3.05) is 0 Å². The summed E-state index contributed by atoms with van der Waals surface area (Å²) in [6.07, 6.45) is 0. The minimum Gasteiger partial charge on any atom is 5.00 e. The van der Waals surface area contributed by atoms with Gasteiger partial charge in [0.2, 0.25) is 0 Å². The predicted molar refractivity (Wildman–Crippen MR) is 6.86 cm³/mol. The van der Waals surface area contributed by atoms with Gasteiger partial charge in [0, 0.05) is 0 Å². The van der Waals surface area contributed by atoms with Crippen molar-refractivity contribution >= 4 is 0 Å². The molecule has 0 spiro atoms. The Morgan fingerprint density at radius 3 is 0.259 bits per heavy atom. The maximum Gasteiger partial charge on any atom is 5.00 e. The SMILES string of the molecule is [O]=[Cr](=[O])([O-])[O-].[O]=[Cr](=[O])([O-])[O-].[O]=[Cr](=[O])([O-])[O-].[O]=[Cr](=[O])([O-])[O-].[O]=[Cr](=[O])([O-])[O-].[V+5].[V+5]. The summed E-state index contributed by atoms with van der Waals surface area (Å²) in [5, 5.41) is 0. The van der Waals surface area contributed by atoms with E-state index in [1.807, 2.05) is 0 Å². The molecule has 0 unspecified atom stereocenters. The van der Waals surface area contributed by atoms with Crippen molar-refractivity contribution in [3.8, 4) is 0 Å². The van der Waals surface area contributed by atoms with Crippen LogP contribution in [-0.2, 0) is 143 Å². The maximum atomic E-state index is 8.59. The minimum absolute atomic E-state index is 0. The van der Waals surface area contributed by atoms with Gasteiger partial charge in [0.1, 0.15) is 0 Å². The standard InChI is InChI=1S/5Cr.20O.2V/q;;;;;;;;;;;;;;;10*-1;2*+5. The van der Waals surface area contributed by atoms with Gasteiger partial charge in [-0.15, -0.1) is 0 Å². The van der Waals surface area contributed by atoms with Crippen LogP contribution in [0.25, 0.3) is 0 Å². The minimum atomic E-state index is -5.75. The quantitative estimate of drug-likeness (QED) is 0.229. The van der Waals surface area contributed by atoms with Gasteiger partial charge in [-0.25, -0.2) is 0 Å². The summed E-state index contributed by atoms with van der Waals surface area (Å²) in [5.74, 6) is 0. The van der Waals surface area contributed by atoms with E-state index in [4.69, 9.17) is 79.6 Å². The van der Waals surface area contributed by atoms with Crippen LogP contribution in [0.5, 0.6) is 0 Å². The van der Waals surface area contributed by atoms with Crippen LogP contribution in [0.3, 0.4) is 0 Å². The van der Waals surface area contributed by atoms with E-state index in [1.54, 1.807) is 0 Å². The van der Waals surface area contributed by atoms with Gasteiger partial charge in [-0.3, -0.25) is 0 Å². The molecule has 0 amide bonds. The first-order valence-corrected chi connectivity index (χ1v) is 13.7. The van der Waals surface area contributed by atoms with Gasteiger partial charge in [0.05, 0.1) is 0 Å². The molecule has 0 rings (SSSR count). The molecule has 0 aliphatic rings. The third-order valence-corrected chi connectivity index (χ3v) is 0. The molecule has 0 aromatic carbocycles. The molecule has 0 aliphatic carbocycles. The zero-order valence-electron chi connectivity index (χ0n) is 11.1. The average Bonchev–Trinajstić information content (AvgIpc) is 1.79. The summed E-state index contributed by atoms with van der Waals surface area (Å²) in [5.41, 5.74) is 0. The second kappa shape index (κ2) is 19.4. The summed E-state index contributed by atoms with van der Waals surface area (Å²) in [6, 6.07) is 0. The van der Waals surface area contributed by atoms with Gasteiger partial charge in [-0.1, -0.05) is 0 Å². The molecule has 0 N–H and O–H groups in total. The molecule has 27 heteroatoms. The predicted octanol–water partition coefficient (Wildman–Crippen LogP) is -13.1. The van der Waals surface area contributed by atoms with Gasteiger partial charge in [-0.05, 0) is 0 Å². The zero-order valence-corrected chi connectivity index (χ0v) is 20.3. The van der Waals surface area contributed by atoms with Gasteiger partial charge < -0.3 is 0 Å². The fourth-order valence-electron chi connectivity index (χ4n) is 0. The Morgan fingerprint density at radius 2 is 0.259 bits per heavy atom. The Labute approximate surface area is 183 Å². The Morgan fingerprint density at radius 1 is 0.259 bits per heavy atom. The second-order valence-electron chi connectivity index (χ2n) is 2.04. The van der Waals surface area contributed by atoms with Crippen molar-refractivity contribution in [2.24, 2.45) is 0 Å². The van der Waals surface area contributed by atoms with Crippen LogP contribution in [0.2, 0.25) is 0 Å². The first-order valence-electron chi connectivity index (χ1n) is 3.33. The van der Waals surface area contributed by atoms with Crippen LogP contribution in [0, 0.1) is 0 Å². The molecular formula is Cr5O20V2. The maximum absolute atomic E-state index is 8.59. The van der Waals surface area contributed by atoms with Crippen LogP contribution < -0.4 is 41.6 Å². The Hall–Kier alpha value is 1.43. The summed E-state index contributed by atoms with van der Waals surface area (Å²) >= 11 is -28.8. The molecule has 20 nitrogen and oxygen atoms in total. The molecule has 0 aromatic rings. The molecule has 0 atom stereocenters. The summed E-state index contributed by atoms with van der Waals surface area (Å²) in [6.45, 7) is 0. The molecule has 0 saturated heterocycles. The van der Waals surface area contributed by atoms with Crippen molar-refractivity contribution in [2.45, 2.75) is 0 Å². The first kappa shape index (κ1) is 46.6. The largest absolute Gasteiger partial charge is 5.00 e. The van der Waals surface area contributed by atoms with Crippen LogP contribution in [0.4, 0.5) is 0 Å². The molecule has 0 saturated carbocycles. The summed E-state index contributed by atoms with van der Waals surface area (Å²) in [7, 11) is 0. The fraction of sp³-hybridized carbons (Fsp3) is 0. The Balaban J connectivity index is -0.0000000364. The third kappa shape index (κ3) is 8660. The molecule has 0 aliphatic heterocycles. The summed E-state index contributed by atoms with van der Waals surface area (Å²) < 4.78 is 172. The topological polar surface area (TPSA) is 401 Å². The third-order valence-electron chi connectivity index (χ3n) is 0. The van der Waals surface area contributed by atoms with Crippen LogP contribution >= 0.6 is 0 Å². The first-order chi connectivity index (χ1) is 10.0. The van der Waals surface area contributed by atoms with E-state index in [1.165, 1.54) is 0 Å². The number of hydrogen-bond acceptors (Lipinski definition) is 20. The molecule has 160 valence electrons. The van der Waals surface area contributed by atoms with Crippen LogP contribution in [0.1, 0.15) is 0 Å². The van der Waals surface area contributed by atoms with Gasteiger partial charge in [0.25, 0.3) is 0 Å². The smallest absolute Gasteiger partial charge is 5.00 e. The Kier molecular flexibility index (Phi) is 33.5. The molecule has 0 radical (unpaired) electrons. The van der Waals surface area contributed by atoms with E-state index < -0.39 is 68.1 Å². The van der Waals surface area contributed by atoms with Crippen molar-refractivity contribution < 1.29 is 185 Å². The van der Waals surface area contributed by atoms with Gasteiger partial charge >= 0.3 is 185 Å². The van der Waals surface area contributed by atoms with Crippen molar-refractivity contribution in [1.82, 2.24) is 0 Å². The average molecular weight is 682 g/mol. The molecule has 27 heavy (non-hydrogen) atoms. The fourth-order valence-corrected chi connectivity index (χ4v) is 0. The van der Waals surface area contributed by atoms with E-state index in [2.05, 4.69) is 0 Å². The Bertz CT molecular complexity index is 619. The molecule has 0 bridgehead atoms. The monoisotopic (exact) mass is 681 g/mol. The molecular weight excluding hydrogens is 682 g/mol. The van der Waals surface area contributed by atoms with Gasteiger partial charge in [-0.2, -0.15) is 0 Å². The van der Waals surface area contributed by atoms with E-state index in [0.29, 0.717) is 0 Å². The summed E-state index contributed by atoms with van der Waals surface area (Å²) in [4.78, 5) is 0. The normalized spacial score (nSPS) is 10.7. The molecule has 0 fully saturated rings. The van der Waals surface area contributed by atoms with E-state index in [0.717, 1.165) is 0 Å². The second-order valence-corrected chi connectivity index (χ2v) is 8.42. The van der Waals surface area contributed by atoms with Crippen molar-refractivity contribution in [3.63, 3.8) is 0 Å². The number of hydrogen-bond donors (Lipinski definition) is 0.